The second-order valence-corrected chi connectivity index (χ2v) is 9.34. The molecule has 0 aliphatic carbocycles. The Balaban J connectivity index is 1.80. The normalized spacial score (nSPS) is 11.3. The summed E-state index contributed by atoms with van der Waals surface area (Å²) in [5.74, 6) is 3.44. The molecule has 6 nitrogen and oxygen atoms in total. The summed E-state index contributed by atoms with van der Waals surface area (Å²) in [6.07, 6.45) is 0. The molecule has 1 aromatic heterocycles. The van der Waals surface area contributed by atoms with Crippen molar-refractivity contribution in [1.29, 1.82) is 0 Å². The van der Waals surface area contributed by atoms with Gasteiger partial charge >= 0.3 is 0 Å². The van der Waals surface area contributed by atoms with E-state index in [0.29, 0.717) is 37.2 Å². The molecule has 7 heteroatoms. The molecule has 0 bridgehead atoms. The first-order valence-electron chi connectivity index (χ1n) is 11.6. The molecule has 4 aromatic rings. The third kappa shape index (κ3) is 5.16. The number of hydrogen-bond donors (Lipinski definition) is 0. The summed E-state index contributed by atoms with van der Waals surface area (Å²) in [6, 6.07) is 18.2. The first-order chi connectivity index (χ1) is 17.0. The average Bonchev–Trinajstić information content (AvgIpc) is 3.27. The van der Waals surface area contributed by atoms with Crippen molar-refractivity contribution in [3.63, 3.8) is 0 Å². The Bertz CT molecular complexity index is 1300. The zero-order valence-electron chi connectivity index (χ0n) is 20.8. The third-order valence-corrected chi connectivity index (χ3v) is 6.91. The fourth-order valence-electron chi connectivity index (χ4n) is 4.09. The van der Waals surface area contributed by atoms with Crippen molar-refractivity contribution >= 4 is 27.0 Å². The largest absolute Gasteiger partial charge is 0.494 e. The summed E-state index contributed by atoms with van der Waals surface area (Å²) in [5, 5.41) is 0. The van der Waals surface area contributed by atoms with Gasteiger partial charge in [0.2, 0.25) is 0 Å². The van der Waals surface area contributed by atoms with Crippen molar-refractivity contribution in [3.05, 3.63) is 70.2 Å². The molecule has 35 heavy (non-hydrogen) atoms. The lowest BCUT2D eigenvalue weighted by atomic mass is 10.0. The van der Waals surface area contributed by atoms with Crippen LogP contribution in [0.3, 0.4) is 0 Å². The highest BCUT2D eigenvalue weighted by Gasteiger charge is 2.21. The van der Waals surface area contributed by atoms with E-state index in [4.69, 9.17) is 23.9 Å². The molecule has 0 unspecified atom stereocenters. The van der Waals surface area contributed by atoms with Gasteiger partial charge in [0, 0.05) is 24.8 Å². The number of benzene rings is 3. The van der Waals surface area contributed by atoms with E-state index in [1.807, 2.05) is 30.3 Å². The van der Waals surface area contributed by atoms with Gasteiger partial charge in [-0.3, -0.25) is 0 Å². The van der Waals surface area contributed by atoms with Crippen molar-refractivity contribution in [2.24, 2.45) is 0 Å². The molecule has 0 saturated carbocycles. The van der Waals surface area contributed by atoms with E-state index in [1.54, 1.807) is 21.3 Å². The van der Waals surface area contributed by atoms with Crippen LogP contribution >= 0.6 is 15.9 Å². The second-order valence-electron chi connectivity index (χ2n) is 8.55. The van der Waals surface area contributed by atoms with Gasteiger partial charge in [-0.2, -0.15) is 0 Å². The van der Waals surface area contributed by atoms with E-state index in [-0.39, 0.29) is 0 Å². The molecule has 0 radical (unpaired) electrons. The fraction of sp³-hybridized carbons (Fsp3) is 0.321. The van der Waals surface area contributed by atoms with E-state index in [0.717, 1.165) is 38.2 Å². The van der Waals surface area contributed by atoms with Crippen LogP contribution in [0.2, 0.25) is 0 Å². The fourth-order valence-corrected chi connectivity index (χ4v) is 4.60. The Morgan fingerprint density at radius 3 is 2.23 bits per heavy atom. The van der Waals surface area contributed by atoms with Gasteiger partial charge in [0.05, 0.1) is 25.3 Å². The number of nitrogens with zero attached hydrogens (tertiary/aromatic N) is 2. The van der Waals surface area contributed by atoms with Gasteiger partial charge < -0.3 is 23.5 Å². The SMILES string of the molecule is COCCn1c(-c2ccc(C(C)C)cc2)nc2c(Br)c(COc3ccccc3OC)cc(OC)c21. The minimum absolute atomic E-state index is 0.330. The Morgan fingerprint density at radius 1 is 0.914 bits per heavy atom. The maximum absolute atomic E-state index is 6.10. The number of hydrogen-bond acceptors (Lipinski definition) is 5. The van der Waals surface area contributed by atoms with Crippen molar-refractivity contribution in [1.82, 2.24) is 9.55 Å². The Hall–Kier alpha value is -3.03. The van der Waals surface area contributed by atoms with Gasteiger partial charge in [-0.05, 0) is 45.6 Å². The number of aromatic nitrogens is 2. The van der Waals surface area contributed by atoms with E-state index >= 15 is 0 Å². The highest BCUT2D eigenvalue weighted by molar-refractivity contribution is 9.10. The van der Waals surface area contributed by atoms with Crippen molar-refractivity contribution in [2.75, 3.05) is 27.9 Å². The molecule has 184 valence electrons. The predicted molar refractivity (Wildman–Crippen MR) is 143 cm³/mol. The van der Waals surface area contributed by atoms with E-state index < -0.39 is 0 Å². The van der Waals surface area contributed by atoms with Gasteiger partial charge in [0.1, 0.15) is 29.2 Å². The minimum Gasteiger partial charge on any atom is -0.494 e. The minimum atomic E-state index is 0.330. The number of rotatable bonds is 10. The van der Waals surface area contributed by atoms with Gasteiger partial charge in [-0.1, -0.05) is 50.2 Å². The first kappa shape index (κ1) is 25.1. The van der Waals surface area contributed by atoms with Gasteiger partial charge in [-0.15, -0.1) is 0 Å². The molecule has 0 saturated heterocycles. The molecule has 3 aromatic carbocycles. The molecule has 0 fully saturated rings. The lowest BCUT2D eigenvalue weighted by molar-refractivity contribution is 0.188. The standard InChI is InChI=1S/C28H31BrN2O4/c1-18(2)19-10-12-20(13-11-19)28-30-26-25(29)21(17-35-23-9-7-6-8-22(23)33-4)16-24(34-5)27(26)31(28)14-15-32-3/h6-13,16,18H,14-15,17H2,1-5H3. The van der Waals surface area contributed by atoms with Crippen molar-refractivity contribution in [2.45, 2.75) is 32.9 Å². The Labute approximate surface area is 214 Å². The summed E-state index contributed by atoms with van der Waals surface area (Å²) in [7, 11) is 5.02. The summed E-state index contributed by atoms with van der Waals surface area (Å²) in [5.41, 5.74) is 5.01. The van der Waals surface area contributed by atoms with Crippen LogP contribution in [0.25, 0.3) is 22.4 Å². The van der Waals surface area contributed by atoms with Gasteiger partial charge in [0.15, 0.2) is 11.5 Å². The molecule has 0 spiro atoms. The van der Waals surface area contributed by atoms with Crippen LogP contribution in [0, 0.1) is 0 Å². The van der Waals surface area contributed by atoms with Crippen LogP contribution in [0.15, 0.2) is 59.1 Å². The van der Waals surface area contributed by atoms with Crippen molar-refractivity contribution in [3.8, 4) is 28.6 Å². The number of fused-ring (bicyclic) bond motifs is 1. The Morgan fingerprint density at radius 2 is 1.60 bits per heavy atom. The number of halogens is 1. The lowest BCUT2D eigenvalue weighted by Crippen LogP contribution is -2.07. The van der Waals surface area contributed by atoms with Crippen LogP contribution in [0.4, 0.5) is 0 Å². The van der Waals surface area contributed by atoms with E-state index in [1.165, 1.54) is 5.56 Å². The van der Waals surface area contributed by atoms with Gasteiger partial charge in [0.25, 0.3) is 0 Å². The molecule has 0 N–H and O–H groups in total. The maximum Gasteiger partial charge on any atom is 0.161 e. The number of ether oxygens (including phenoxy) is 4. The highest BCUT2D eigenvalue weighted by atomic mass is 79.9. The molecule has 4 rings (SSSR count). The maximum atomic E-state index is 6.10. The molecule has 0 aliphatic heterocycles. The summed E-state index contributed by atoms with van der Waals surface area (Å²) >= 11 is 3.80. The first-order valence-corrected chi connectivity index (χ1v) is 12.4. The number of para-hydroxylation sites is 2. The summed E-state index contributed by atoms with van der Waals surface area (Å²) in [6.45, 7) is 5.92. The molecule has 1 heterocycles. The third-order valence-electron chi connectivity index (χ3n) is 6.02. The molecular weight excluding hydrogens is 508 g/mol. The predicted octanol–water partition coefficient (Wildman–Crippen LogP) is 6.83. The Kier molecular flexibility index (Phi) is 7.98. The quantitative estimate of drug-likeness (QED) is 0.221. The zero-order valence-corrected chi connectivity index (χ0v) is 22.4. The summed E-state index contributed by atoms with van der Waals surface area (Å²) in [4.78, 5) is 5.07. The molecule has 0 amide bonds. The summed E-state index contributed by atoms with van der Waals surface area (Å²) < 4.78 is 25.8. The molecule has 0 atom stereocenters. The highest BCUT2D eigenvalue weighted by Crippen LogP contribution is 2.39. The number of methoxy groups -OCH3 is 3. The molecular formula is C28H31BrN2O4. The zero-order chi connectivity index (χ0) is 24.9. The second kappa shape index (κ2) is 11.1. The van der Waals surface area contributed by atoms with Crippen LogP contribution in [-0.2, 0) is 17.9 Å². The van der Waals surface area contributed by atoms with E-state index in [9.17, 15) is 0 Å². The topological polar surface area (TPSA) is 54.7 Å². The van der Waals surface area contributed by atoms with Crippen LogP contribution in [0.5, 0.6) is 17.2 Å². The molecule has 0 aliphatic rings. The smallest absolute Gasteiger partial charge is 0.161 e. The van der Waals surface area contributed by atoms with Gasteiger partial charge in [-0.25, -0.2) is 4.98 Å². The van der Waals surface area contributed by atoms with Crippen LogP contribution < -0.4 is 14.2 Å². The van der Waals surface area contributed by atoms with Crippen LogP contribution in [-0.4, -0.2) is 37.5 Å². The van der Waals surface area contributed by atoms with E-state index in [2.05, 4.69) is 58.6 Å². The van der Waals surface area contributed by atoms with Crippen molar-refractivity contribution < 1.29 is 18.9 Å². The monoisotopic (exact) mass is 538 g/mol. The average molecular weight is 539 g/mol. The lowest BCUT2D eigenvalue weighted by Gasteiger charge is -2.15. The number of imidazole rings is 1. The van der Waals surface area contributed by atoms with Crippen LogP contribution in [0.1, 0.15) is 30.9 Å².